The van der Waals surface area contributed by atoms with Crippen molar-refractivity contribution in [3.05, 3.63) is 52.5 Å². The summed E-state index contributed by atoms with van der Waals surface area (Å²) in [6.07, 6.45) is 0. The number of hydrogen-bond donors (Lipinski definition) is 2. The molecule has 0 aliphatic carbocycles. The fourth-order valence-electron chi connectivity index (χ4n) is 1.56. The third-order valence-corrected chi connectivity index (χ3v) is 4.44. The number of nitrogens with one attached hydrogen (secondary N) is 1. The average Bonchev–Trinajstić information content (AvgIpc) is 2.41. The van der Waals surface area contributed by atoms with E-state index < -0.39 is 10.0 Å². The van der Waals surface area contributed by atoms with Gasteiger partial charge in [-0.25, -0.2) is 8.42 Å². The summed E-state index contributed by atoms with van der Waals surface area (Å²) in [5.74, 6) is 0. The summed E-state index contributed by atoms with van der Waals surface area (Å²) in [7, 11) is -3.74. The number of hydrogen-bond acceptors (Lipinski definition) is 4. The molecule has 0 aliphatic heterocycles. The van der Waals surface area contributed by atoms with E-state index in [0.29, 0.717) is 5.69 Å². The van der Waals surface area contributed by atoms with E-state index in [0.717, 1.165) is 4.47 Å². The van der Waals surface area contributed by atoms with Crippen molar-refractivity contribution in [3.8, 4) is 6.07 Å². The first-order valence-corrected chi connectivity index (χ1v) is 7.78. The molecule has 0 unspecified atom stereocenters. The summed E-state index contributed by atoms with van der Waals surface area (Å²) in [5, 5.41) is 9.00. The van der Waals surface area contributed by atoms with Gasteiger partial charge in [-0.3, -0.25) is 4.72 Å². The number of benzene rings is 2. The molecular formula is C13H10BrN3O2S. The first kappa shape index (κ1) is 14.4. The molecule has 5 nitrogen and oxygen atoms in total. The highest BCUT2D eigenvalue weighted by atomic mass is 79.9. The molecule has 2 aromatic carbocycles. The van der Waals surface area contributed by atoms with Crippen molar-refractivity contribution in [1.29, 1.82) is 5.26 Å². The molecule has 0 bridgehead atoms. The fourth-order valence-corrected chi connectivity index (χ4v) is 2.90. The maximum absolute atomic E-state index is 12.2. The van der Waals surface area contributed by atoms with Gasteiger partial charge < -0.3 is 5.73 Å². The third-order valence-electron chi connectivity index (χ3n) is 2.53. The lowest BCUT2D eigenvalue weighted by molar-refractivity contribution is 0.601. The molecule has 0 atom stereocenters. The summed E-state index contributed by atoms with van der Waals surface area (Å²) in [6.45, 7) is 0. The third kappa shape index (κ3) is 3.10. The number of halogens is 1. The minimum Gasteiger partial charge on any atom is -0.399 e. The van der Waals surface area contributed by atoms with E-state index in [1.165, 1.54) is 30.3 Å². The maximum atomic E-state index is 12.2. The maximum Gasteiger partial charge on any atom is 0.261 e. The zero-order valence-corrected chi connectivity index (χ0v) is 12.6. The van der Waals surface area contributed by atoms with Crippen LogP contribution in [0.25, 0.3) is 0 Å². The van der Waals surface area contributed by atoms with E-state index in [9.17, 15) is 8.42 Å². The molecular weight excluding hydrogens is 342 g/mol. The number of rotatable bonds is 3. The lowest BCUT2D eigenvalue weighted by Gasteiger charge is -2.10. The van der Waals surface area contributed by atoms with Crippen LogP contribution in [0.4, 0.5) is 11.4 Å². The van der Waals surface area contributed by atoms with Crippen LogP contribution in [-0.4, -0.2) is 8.42 Å². The van der Waals surface area contributed by atoms with Crippen molar-refractivity contribution in [1.82, 2.24) is 0 Å². The molecule has 3 N–H and O–H groups in total. The number of nitrogens with zero attached hydrogens (tertiary/aromatic N) is 1. The second kappa shape index (κ2) is 5.53. The van der Waals surface area contributed by atoms with Gasteiger partial charge in [0.2, 0.25) is 0 Å². The van der Waals surface area contributed by atoms with Crippen molar-refractivity contribution < 1.29 is 8.42 Å². The Balaban J connectivity index is 2.39. The minimum atomic E-state index is -3.74. The molecule has 0 fully saturated rings. The standard InChI is InChI=1S/C13H10BrN3O2S/c14-10-1-4-12(5-2-10)20(18,19)17-13-6-3-11(16)7-9(13)8-15/h1-7,17H,16H2. The molecule has 0 radical (unpaired) electrons. The Kier molecular flexibility index (Phi) is 3.97. The van der Waals surface area contributed by atoms with Gasteiger partial charge in [0.05, 0.1) is 16.1 Å². The van der Waals surface area contributed by atoms with Crippen molar-refractivity contribution in [2.24, 2.45) is 0 Å². The summed E-state index contributed by atoms with van der Waals surface area (Å²) in [5.41, 5.74) is 6.33. The molecule has 0 heterocycles. The van der Waals surface area contributed by atoms with Crippen molar-refractivity contribution in [2.75, 3.05) is 10.5 Å². The summed E-state index contributed by atoms with van der Waals surface area (Å²) in [6, 6.07) is 12.5. The topological polar surface area (TPSA) is 96.0 Å². The molecule has 7 heteroatoms. The van der Waals surface area contributed by atoms with Crippen molar-refractivity contribution in [3.63, 3.8) is 0 Å². The smallest absolute Gasteiger partial charge is 0.261 e. The van der Waals surface area contributed by atoms with Gasteiger partial charge in [0.25, 0.3) is 10.0 Å². The Morgan fingerprint density at radius 2 is 1.80 bits per heavy atom. The molecule has 2 aromatic rings. The molecule has 102 valence electrons. The van der Waals surface area contributed by atoms with E-state index in [1.54, 1.807) is 12.1 Å². The predicted octanol–water partition coefficient (Wildman–Crippen LogP) is 2.70. The Hall–Kier alpha value is -2.04. The molecule has 2 rings (SSSR count). The first-order valence-electron chi connectivity index (χ1n) is 5.50. The quantitative estimate of drug-likeness (QED) is 0.830. The number of nitriles is 1. The van der Waals surface area contributed by atoms with E-state index >= 15 is 0 Å². The van der Waals surface area contributed by atoms with Gasteiger partial charge in [0.1, 0.15) is 6.07 Å². The zero-order chi connectivity index (χ0) is 14.8. The van der Waals surface area contributed by atoms with Crippen molar-refractivity contribution in [2.45, 2.75) is 4.90 Å². The molecule has 0 saturated heterocycles. The fraction of sp³-hybridized carbons (Fsp3) is 0. The van der Waals surface area contributed by atoms with Gasteiger partial charge in [0.15, 0.2) is 0 Å². The highest BCUT2D eigenvalue weighted by molar-refractivity contribution is 9.10. The van der Waals surface area contributed by atoms with Crippen LogP contribution < -0.4 is 10.5 Å². The van der Waals surface area contributed by atoms with Gasteiger partial charge in [0, 0.05) is 10.2 Å². The van der Waals surface area contributed by atoms with Crippen LogP contribution in [-0.2, 0) is 10.0 Å². The molecule has 0 spiro atoms. The van der Waals surface area contributed by atoms with Crippen LogP contribution in [0.3, 0.4) is 0 Å². The normalized spacial score (nSPS) is 10.8. The van der Waals surface area contributed by atoms with Crippen LogP contribution in [0.1, 0.15) is 5.56 Å². The van der Waals surface area contributed by atoms with Crippen LogP contribution in [0.5, 0.6) is 0 Å². The van der Waals surface area contributed by atoms with E-state index in [-0.39, 0.29) is 16.1 Å². The number of anilines is 2. The lowest BCUT2D eigenvalue weighted by atomic mass is 10.2. The Bertz CT molecular complexity index is 780. The van der Waals surface area contributed by atoms with Crippen molar-refractivity contribution >= 4 is 37.3 Å². The van der Waals surface area contributed by atoms with Gasteiger partial charge in [-0.1, -0.05) is 15.9 Å². The summed E-state index contributed by atoms with van der Waals surface area (Å²) < 4.78 is 27.6. The molecule has 20 heavy (non-hydrogen) atoms. The van der Waals surface area contributed by atoms with Gasteiger partial charge in [-0.15, -0.1) is 0 Å². The highest BCUT2D eigenvalue weighted by Gasteiger charge is 2.16. The molecule has 0 saturated carbocycles. The van der Waals surface area contributed by atoms with Crippen LogP contribution in [0.15, 0.2) is 51.8 Å². The Morgan fingerprint density at radius 1 is 1.15 bits per heavy atom. The second-order valence-electron chi connectivity index (χ2n) is 3.98. The van der Waals surface area contributed by atoms with Gasteiger partial charge >= 0.3 is 0 Å². The minimum absolute atomic E-state index is 0.112. The van der Waals surface area contributed by atoms with E-state index in [4.69, 9.17) is 11.0 Å². The number of sulfonamides is 1. The van der Waals surface area contributed by atoms with Crippen LogP contribution >= 0.6 is 15.9 Å². The predicted molar refractivity (Wildman–Crippen MR) is 80.5 cm³/mol. The molecule has 0 aliphatic rings. The number of nitrogens with two attached hydrogens (primary N) is 1. The van der Waals surface area contributed by atoms with Gasteiger partial charge in [-0.2, -0.15) is 5.26 Å². The first-order chi connectivity index (χ1) is 9.42. The van der Waals surface area contributed by atoms with E-state index in [1.807, 2.05) is 6.07 Å². The number of nitrogen functional groups attached to an aromatic ring is 1. The van der Waals surface area contributed by atoms with Crippen LogP contribution in [0, 0.1) is 11.3 Å². The lowest BCUT2D eigenvalue weighted by Crippen LogP contribution is -2.13. The highest BCUT2D eigenvalue weighted by Crippen LogP contribution is 2.22. The second-order valence-corrected chi connectivity index (χ2v) is 6.57. The molecule has 0 amide bonds. The largest absolute Gasteiger partial charge is 0.399 e. The molecule has 0 aromatic heterocycles. The SMILES string of the molecule is N#Cc1cc(N)ccc1NS(=O)(=O)c1ccc(Br)cc1. The Morgan fingerprint density at radius 3 is 2.40 bits per heavy atom. The summed E-state index contributed by atoms with van der Waals surface area (Å²) >= 11 is 3.24. The summed E-state index contributed by atoms with van der Waals surface area (Å²) in [4.78, 5) is 0.112. The van der Waals surface area contributed by atoms with Crippen LogP contribution in [0.2, 0.25) is 0 Å². The van der Waals surface area contributed by atoms with Gasteiger partial charge in [-0.05, 0) is 42.5 Å². The average molecular weight is 352 g/mol. The zero-order valence-electron chi connectivity index (χ0n) is 10.2. The monoisotopic (exact) mass is 351 g/mol. The van der Waals surface area contributed by atoms with E-state index in [2.05, 4.69) is 20.7 Å². The Labute approximate surface area is 125 Å².